The molecule has 164 valence electrons. The van der Waals surface area contributed by atoms with E-state index in [0.717, 1.165) is 32.5 Å². The highest BCUT2D eigenvalue weighted by molar-refractivity contribution is 7.92. The number of ether oxygens (including phenoxy) is 1. The van der Waals surface area contributed by atoms with E-state index in [1.807, 2.05) is 62.4 Å². The lowest BCUT2D eigenvalue weighted by molar-refractivity contribution is -0.121. The van der Waals surface area contributed by atoms with Crippen LogP contribution in [0.4, 0.5) is 5.69 Å². The quantitative estimate of drug-likeness (QED) is 0.541. The standard InChI is InChI=1S/C24H28N2O4S/c1-17-13-18(2)15-22(14-17)26(31(4,28)29)19(3)24(27)25-11-12-30-23-10-9-20-7-5-6-8-21(20)16-23/h5-10,13-16,19H,11-12H2,1-4H3,(H,25,27)/t19-/m1/s1. The zero-order chi connectivity index (χ0) is 22.6. The Labute approximate surface area is 183 Å². The van der Waals surface area contributed by atoms with Crippen molar-refractivity contribution in [1.29, 1.82) is 0 Å². The summed E-state index contributed by atoms with van der Waals surface area (Å²) < 4.78 is 31.8. The van der Waals surface area contributed by atoms with Gasteiger partial charge in [0.15, 0.2) is 0 Å². The van der Waals surface area contributed by atoms with Crippen LogP contribution in [-0.2, 0) is 14.8 Å². The molecule has 0 aliphatic heterocycles. The van der Waals surface area contributed by atoms with Crippen molar-refractivity contribution in [2.45, 2.75) is 26.8 Å². The first kappa shape index (κ1) is 22.6. The Morgan fingerprint density at radius 3 is 2.29 bits per heavy atom. The number of hydrogen-bond donors (Lipinski definition) is 1. The molecule has 1 amide bonds. The van der Waals surface area contributed by atoms with Crippen molar-refractivity contribution in [2.75, 3.05) is 23.7 Å². The smallest absolute Gasteiger partial charge is 0.243 e. The van der Waals surface area contributed by atoms with Crippen molar-refractivity contribution in [3.63, 3.8) is 0 Å². The van der Waals surface area contributed by atoms with E-state index in [0.29, 0.717) is 11.4 Å². The van der Waals surface area contributed by atoms with E-state index in [4.69, 9.17) is 4.74 Å². The lowest BCUT2D eigenvalue weighted by Crippen LogP contribution is -2.48. The Balaban J connectivity index is 1.62. The highest BCUT2D eigenvalue weighted by Gasteiger charge is 2.29. The molecular formula is C24H28N2O4S. The molecule has 0 bridgehead atoms. The predicted octanol–water partition coefficient (Wildman–Crippen LogP) is 3.81. The minimum Gasteiger partial charge on any atom is -0.492 e. The van der Waals surface area contributed by atoms with Gasteiger partial charge >= 0.3 is 0 Å². The fourth-order valence-electron chi connectivity index (χ4n) is 3.63. The van der Waals surface area contributed by atoms with Crippen molar-refractivity contribution in [2.24, 2.45) is 0 Å². The van der Waals surface area contributed by atoms with Crippen molar-refractivity contribution in [1.82, 2.24) is 5.32 Å². The number of fused-ring (bicyclic) bond motifs is 1. The van der Waals surface area contributed by atoms with Gasteiger partial charge in [-0.2, -0.15) is 0 Å². The fourth-order valence-corrected chi connectivity index (χ4v) is 4.79. The van der Waals surface area contributed by atoms with Crippen LogP contribution >= 0.6 is 0 Å². The summed E-state index contributed by atoms with van der Waals surface area (Å²) >= 11 is 0. The monoisotopic (exact) mass is 440 g/mol. The summed E-state index contributed by atoms with van der Waals surface area (Å²) in [6.07, 6.45) is 1.11. The van der Waals surface area contributed by atoms with Gasteiger partial charge in [0.25, 0.3) is 0 Å². The molecular weight excluding hydrogens is 412 g/mol. The molecule has 7 heteroatoms. The summed E-state index contributed by atoms with van der Waals surface area (Å²) in [6, 6.07) is 18.4. The molecule has 1 atom stereocenters. The Bertz CT molecular complexity index is 1170. The van der Waals surface area contributed by atoms with Gasteiger partial charge in [-0.15, -0.1) is 0 Å². The van der Waals surface area contributed by atoms with Gasteiger partial charge < -0.3 is 10.1 Å². The number of benzene rings is 3. The summed E-state index contributed by atoms with van der Waals surface area (Å²) in [5.41, 5.74) is 2.34. The van der Waals surface area contributed by atoms with E-state index in [-0.39, 0.29) is 19.1 Å². The fraction of sp³-hybridized carbons (Fsp3) is 0.292. The number of hydrogen-bond acceptors (Lipinski definition) is 4. The molecule has 0 radical (unpaired) electrons. The second kappa shape index (κ2) is 9.39. The predicted molar refractivity (Wildman–Crippen MR) is 125 cm³/mol. The molecule has 0 unspecified atom stereocenters. The zero-order valence-corrected chi connectivity index (χ0v) is 19.1. The molecule has 0 saturated carbocycles. The third-order valence-electron chi connectivity index (χ3n) is 4.94. The molecule has 0 aromatic heterocycles. The Hall–Kier alpha value is -3.06. The summed E-state index contributed by atoms with van der Waals surface area (Å²) in [6.45, 7) is 5.91. The Kier molecular flexibility index (Phi) is 6.85. The molecule has 0 saturated heterocycles. The molecule has 3 aromatic carbocycles. The molecule has 0 aliphatic rings. The van der Waals surface area contributed by atoms with Crippen LogP contribution in [0.5, 0.6) is 5.75 Å². The van der Waals surface area contributed by atoms with E-state index < -0.39 is 16.1 Å². The van der Waals surface area contributed by atoms with E-state index in [9.17, 15) is 13.2 Å². The highest BCUT2D eigenvalue weighted by atomic mass is 32.2. The lowest BCUT2D eigenvalue weighted by Gasteiger charge is -2.28. The number of nitrogens with zero attached hydrogens (tertiary/aromatic N) is 1. The largest absolute Gasteiger partial charge is 0.492 e. The van der Waals surface area contributed by atoms with Crippen LogP contribution in [0.25, 0.3) is 10.8 Å². The Morgan fingerprint density at radius 2 is 1.65 bits per heavy atom. The number of carbonyl (C=O) groups excluding carboxylic acids is 1. The number of carbonyl (C=O) groups is 1. The molecule has 3 rings (SSSR count). The van der Waals surface area contributed by atoms with Crippen molar-refractivity contribution >= 4 is 32.4 Å². The number of rotatable bonds is 8. The van der Waals surface area contributed by atoms with Gasteiger partial charge in [0.05, 0.1) is 18.5 Å². The van der Waals surface area contributed by atoms with Gasteiger partial charge in [0.2, 0.25) is 15.9 Å². The first-order valence-electron chi connectivity index (χ1n) is 10.1. The van der Waals surface area contributed by atoms with Gasteiger partial charge in [-0.1, -0.05) is 36.4 Å². The molecule has 1 N–H and O–H groups in total. The van der Waals surface area contributed by atoms with Gasteiger partial charge in [-0.3, -0.25) is 9.10 Å². The van der Waals surface area contributed by atoms with Crippen LogP contribution in [0.15, 0.2) is 60.7 Å². The summed E-state index contributed by atoms with van der Waals surface area (Å²) in [5, 5.41) is 4.98. The van der Waals surface area contributed by atoms with Crippen molar-refractivity contribution in [3.8, 4) is 5.75 Å². The van der Waals surface area contributed by atoms with Gasteiger partial charge in [-0.25, -0.2) is 8.42 Å². The van der Waals surface area contributed by atoms with Crippen LogP contribution in [0.1, 0.15) is 18.1 Å². The maximum Gasteiger partial charge on any atom is 0.243 e. The topological polar surface area (TPSA) is 75.7 Å². The molecule has 3 aromatic rings. The number of anilines is 1. The average Bonchev–Trinajstić information content (AvgIpc) is 2.69. The number of aryl methyl sites for hydroxylation is 2. The third-order valence-corrected chi connectivity index (χ3v) is 6.18. The summed E-state index contributed by atoms with van der Waals surface area (Å²) in [4.78, 5) is 12.7. The molecule has 6 nitrogen and oxygen atoms in total. The molecule has 0 heterocycles. The van der Waals surface area contributed by atoms with Gasteiger partial charge in [0.1, 0.15) is 18.4 Å². The first-order chi connectivity index (χ1) is 14.6. The normalized spacial score (nSPS) is 12.4. The minimum absolute atomic E-state index is 0.264. The van der Waals surface area contributed by atoms with Crippen LogP contribution in [0, 0.1) is 13.8 Å². The van der Waals surface area contributed by atoms with Crippen molar-refractivity contribution in [3.05, 3.63) is 71.8 Å². The second-order valence-corrected chi connectivity index (χ2v) is 9.59. The number of amides is 1. The lowest BCUT2D eigenvalue weighted by atomic mass is 10.1. The van der Waals surface area contributed by atoms with Gasteiger partial charge in [0, 0.05) is 0 Å². The molecule has 0 aliphatic carbocycles. The van der Waals surface area contributed by atoms with Crippen LogP contribution in [-0.4, -0.2) is 39.8 Å². The zero-order valence-electron chi connectivity index (χ0n) is 18.3. The van der Waals surface area contributed by atoms with Crippen molar-refractivity contribution < 1.29 is 17.9 Å². The Morgan fingerprint density at radius 1 is 1.00 bits per heavy atom. The van der Waals surface area contributed by atoms with E-state index in [1.165, 1.54) is 0 Å². The minimum atomic E-state index is -3.65. The first-order valence-corrected chi connectivity index (χ1v) is 12.0. The van der Waals surface area contributed by atoms with E-state index in [2.05, 4.69) is 5.32 Å². The summed E-state index contributed by atoms with van der Waals surface area (Å²) in [7, 11) is -3.65. The maximum atomic E-state index is 12.7. The van der Waals surface area contributed by atoms with Gasteiger partial charge in [-0.05, 0) is 66.9 Å². The number of sulfonamides is 1. The molecule has 31 heavy (non-hydrogen) atoms. The average molecular weight is 441 g/mol. The highest BCUT2D eigenvalue weighted by Crippen LogP contribution is 2.24. The third kappa shape index (κ3) is 5.76. The SMILES string of the molecule is Cc1cc(C)cc(N([C@H](C)C(=O)NCCOc2ccc3ccccc3c2)S(C)(=O)=O)c1. The summed E-state index contributed by atoms with van der Waals surface area (Å²) in [5.74, 6) is 0.334. The van der Waals surface area contributed by atoms with Crippen LogP contribution < -0.4 is 14.4 Å². The second-order valence-electron chi connectivity index (χ2n) is 7.73. The van der Waals surface area contributed by atoms with Crippen LogP contribution in [0.2, 0.25) is 0 Å². The van der Waals surface area contributed by atoms with E-state index >= 15 is 0 Å². The molecule has 0 spiro atoms. The molecule has 0 fully saturated rings. The van der Waals surface area contributed by atoms with Crippen LogP contribution in [0.3, 0.4) is 0 Å². The van der Waals surface area contributed by atoms with E-state index in [1.54, 1.807) is 19.1 Å². The maximum absolute atomic E-state index is 12.7. The number of nitrogens with one attached hydrogen (secondary N) is 1.